The second kappa shape index (κ2) is 22.7. The molecule has 0 radical (unpaired) electrons. The third-order valence-corrected chi connectivity index (χ3v) is 14.6. The lowest BCUT2D eigenvalue weighted by Crippen LogP contribution is -2.50. The number of hydrogen-bond acceptors (Lipinski definition) is 11. The Kier molecular flexibility index (Phi) is 15.6. The predicted octanol–water partition coefficient (Wildman–Crippen LogP) is 16.3. The molecule has 0 N–H and O–H groups in total. The van der Waals surface area contributed by atoms with Gasteiger partial charge in [0.25, 0.3) is 0 Å². The van der Waals surface area contributed by atoms with Crippen LogP contribution in [0.1, 0.15) is 50.2 Å². The summed E-state index contributed by atoms with van der Waals surface area (Å²) in [4.78, 5) is 31.7. The fourth-order valence-corrected chi connectivity index (χ4v) is 10.4. The van der Waals surface area contributed by atoms with E-state index < -0.39 is 69.8 Å². The Morgan fingerprint density at radius 1 is 0.318 bits per heavy atom. The molecule has 14 rings (SSSR count). The Hall–Kier alpha value is -8.16. The first-order valence-corrected chi connectivity index (χ1v) is 26.5. The van der Waals surface area contributed by atoms with Gasteiger partial charge in [-0.25, -0.2) is 19.9 Å². The molecule has 25 heteroatoms. The fourth-order valence-electron chi connectivity index (χ4n) is 10.4. The zero-order valence-electron chi connectivity index (χ0n) is 44.1. The van der Waals surface area contributed by atoms with E-state index in [4.69, 9.17) is 14.2 Å². The summed E-state index contributed by atoms with van der Waals surface area (Å²) in [5.41, 5.74) is -2.35. The van der Waals surface area contributed by atoms with Crippen LogP contribution in [0.15, 0.2) is 122 Å². The van der Waals surface area contributed by atoms with Gasteiger partial charge in [-0.15, -0.1) is 0 Å². The number of alkyl halides is 14. The maximum absolute atomic E-state index is 16.0. The molecule has 0 unspecified atom stereocenters. The molecule has 0 amide bonds. The highest BCUT2D eigenvalue weighted by atomic mass is 19.4. The third-order valence-electron chi connectivity index (χ3n) is 14.6. The highest BCUT2D eigenvalue weighted by Gasteiger charge is 2.76. The molecule has 0 atom stereocenters. The summed E-state index contributed by atoms with van der Waals surface area (Å²) >= 11 is 0. The maximum atomic E-state index is 16.0. The van der Waals surface area contributed by atoms with Crippen molar-refractivity contribution in [2.75, 3.05) is 39.6 Å². The highest BCUT2D eigenvalue weighted by molar-refractivity contribution is 6.42. The molecule has 0 spiro atoms. The molecule has 0 aliphatic carbocycles. The Bertz CT molecular complexity index is 3650. The van der Waals surface area contributed by atoms with E-state index in [9.17, 15) is 43.9 Å². The van der Waals surface area contributed by atoms with Crippen LogP contribution in [0.25, 0.3) is 110 Å². The fraction of sp³-hybridized carbons (Fsp3) is 0.300. The molecule has 5 aromatic carbocycles. The number of halogens is 14. The van der Waals surface area contributed by atoms with Crippen LogP contribution < -0.4 is 0 Å². The Labute approximate surface area is 472 Å². The van der Waals surface area contributed by atoms with Crippen LogP contribution in [-0.2, 0) is 26.1 Å². The minimum Gasteiger partial charge on any atom is -0.381 e. The van der Waals surface area contributed by atoms with Gasteiger partial charge in [0.05, 0.1) is 22.1 Å². The molecule has 3 saturated heterocycles. The maximum Gasteiger partial charge on any atom is 0.460 e. The summed E-state index contributed by atoms with van der Waals surface area (Å²) in [6.45, 7) is 6.00. The van der Waals surface area contributed by atoms with Crippen molar-refractivity contribution >= 4 is 65.2 Å². The van der Waals surface area contributed by atoms with Crippen LogP contribution in [-0.4, -0.2) is 104 Å². The standard InChI is InChI=1S/C48H20F14N8.3C4H8O/c49-43(50,45(53,54)47(57,58)59)41-67-37-25(21-5-1-9-63-17-21)13-29-30-14-27(23-7-3-11-65-19-23)39-36-34(30)32(31-15-26(22-6-2-10-64-18-22)38(68-41)35(37)33(29)31)16-28(24-8-4-12-66-20-24)40(36)70-42(69-39)44(51,52)46(55,56)48(60,61)62;3*1-2-4-5-3-1/h1-20H;3*1-4H2. The Morgan fingerprint density at radius 3 is 0.729 bits per heavy atom. The van der Waals surface area contributed by atoms with Gasteiger partial charge in [0.2, 0.25) is 11.6 Å². The van der Waals surface area contributed by atoms with E-state index in [1.54, 1.807) is 0 Å². The van der Waals surface area contributed by atoms with Gasteiger partial charge in [0.15, 0.2) is 0 Å². The van der Waals surface area contributed by atoms with E-state index in [0.29, 0.717) is 0 Å². The molecule has 0 bridgehead atoms. The first-order chi connectivity index (χ1) is 40.5. The summed E-state index contributed by atoms with van der Waals surface area (Å²) in [5, 5.41) is 0.628. The minimum atomic E-state index is -6.77. The van der Waals surface area contributed by atoms with E-state index in [1.165, 1.54) is 161 Å². The van der Waals surface area contributed by atoms with Gasteiger partial charge in [0.1, 0.15) is 0 Å². The topological polar surface area (TPSA) is 131 Å². The molecule has 9 heterocycles. The lowest BCUT2D eigenvalue weighted by molar-refractivity contribution is -0.361. The van der Waals surface area contributed by atoms with Crippen molar-refractivity contribution in [2.45, 2.75) is 74.6 Å². The average Bonchev–Trinajstić information content (AvgIpc) is 1.08. The Morgan fingerprint density at radius 2 is 0.553 bits per heavy atom. The van der Waals surface area contributed by atoms with E-state index in [0.717, 1.165) is 39.6 Å². The third kappa shape index (κ3) is 10.5. The molecule has 3 fully saturated rings. The van der Waals surface area contributed by atoms with Gasteiger partial charge in [0, 0.05) is 155 Å². The quantitative estimate of drug-likeness (QED) is 0.0818. The van der Waals surface area contributed by atoms with Gasteiger partial charge >= 0.3 is 36.0 Å². The van der Waals surface area contributed by atoms with Crippen molar-refractivity contribution < 1.29 is 75.7 Å². The number of benzene rings is 5. The van der Waals surface area contributed by atoms with Gasteiger partial charge in [-0.2, -0.15) is 61.5 Å². The summed E-state index contributed by atoms with van der Waals surface area (Å²) in [6, 6.07) is 16.8. The molecule has 0 saturated carbocycles. The average molecular weight is 1190 g/mol. The summed E-state index contributed by atoms with van der Waals surface area (Å²) in [7, 11) is 0. The number of hydrogen-bond donors (Lipinski definition) is 0. The number of aromatic nitrogens is 8. The van der Waals surface area contributed by atoms with Crippen LogP contribution in [0.2, 0.25) is 0 Å². The van der Waals surface area contributed by atoms with E-state index in [2.05, 4.69) is 39.9 Å². The van der Waals surface area contributed by atoms with Crippen LogP contribution in [0.3, 0.4) is 0 Å². The number of rotatable bonds is 8. The molecule has 85 heavy (non-hydrogen) atoms. The first-order valence-electron chi connectivity index (χ1n) is 26.5. The van der Waals surface area contributed by atoms with Gasteiger partial charge < -0.3 is 14.2 Å². The van der Waals surface area contributed by atoms with Gasteiger partial charge in [-0.05, 0) is 109 Å². The highest BCUT2D eigenvalue weighted by Crippen LogP contribution is 2.56. The van der Waals surface area contributed by atoms with Crippen LogP contribution in [0.5, 0.6) is 0 Å². The van der Waals surface area contributed by atoms with Crippen molar-refractivity contribution in [3.8, 4) is 44.5 Å². The van der Waals surface area contributed by atoms with Crippen molar-refractivity contribution in [2.24, 2.45) is 0 Å². The molecular weight excluding hydrogens is 1150 g/mol. The van der Waals surface area contributed by atoms with Crippen molar-refractivity contribution in [3.05, 3.63) is 134 Å². The monoisotopic (exact) mass is 1190 g/mol. The molecule has 11 aromatic rings. The van der Waals surface area contributed by atoms with Crippen molar-refractivity contribution in [1.29, 1.82) is 0 Å². The smallest absolute Gasteiger partial charge is 0.381 e. The SMILES string of the molecule is C1CCOC1.C1CCOC1.C1CCOC1.FC(F)(F)C(F)(F)C(F)(F)c1nc2c(-c3cccnc3)cc3c4cc(-c5cccnc5)c5nc(C(F)(F)C(F)(F)C(F)(F)F)nc6c(-c7cccnc7)cc(c7cc(-c8cccnc8)c(n1)c2c37)c4c56. The lowest BCUT2D eigenvalue weighted by atomic mass is 9.82. The molecule has 11 nitrogen and oxygen atoms in total. The second-order valence-electron chi connectivity index (χ2n) is 20.1. The number of nitrogens with zero attached hydrogens (tertiary/aromatic N) is 8. The lowest BCUT2D eigenvalue weighted by Gasteiger charge is -2.28. The van der Waals surface area contributed by atoms with Crippen molar-refractivity contribution in [1.82, 2.24) is 39.9 Å². The summed E-state index contributed by atoms with van der Waals surface area (Å²) in [5.74, 6) is -29.9. The zero-order chi connectivity index (χ0) is 60.1. The van der Waals surface area contributed by atoms with Crippen molar-refractivity contribution in [3.63, 3.8) is 0 Å². The number of ether oxygens (including phenoxy) is 3. The summed E-state index contributed by atoms with van der Waals surface area (Å²) in [6.07, 6.45) is 4.38. The van der Waals surface area contributed by atoms with E-state index >= 15 is 17.6 Å². The normalized spacial score (nSPS) is 15.4. The van der Waals surface area contributed by atoms with Crippen LogP contribution >= 0.6 is 0 Å². The molecule has 3 aliphatic heterocycles. The largest absolute Gasteiger partial charge is 0.460 e. The van der Waals surface area contributed by atoms with Gasteiger partial charge in [-0.1, -0.05) is 24.3 Å². The predicted molar refractivity (Wildman–Crippen MR) is 288 cm³/mol. The second-order valence-corrected chi connectivity index (χ2v) is 20.1. The Balaban J connectivity index is 0.000000437. The van der Waals surface area contributed by atoms with Crippen LogP contribution in [0, 0.1) is 0 Å². The molecule has 440 valence electrons. The number of fused-ring (bicyclic) bond motifs is 2. The van der Waals surface area contributed by atoms with Gasteiger partial charge in [-0.3, -0.25) is 19.9 Å². The van der Waals surface area contributed by atoms with E-state index in [1.807, 2.05) is 0 Å². The first kappa shape index (κ1) is 58.6. The molecular formula is C60H44F14N8O3. The number of pyridine rings is 4. The summed E-state index contributed by atoms with van der Waals surface area (Å²) < 4.78 is 221. The zero-order valence-corrected chi connectivity index (χ0v) is 44.1. The van der Waals surface area contributed by atoms with E-state index in [-0.39, 0.29) is 87.6 Å². The molecule has 3 aliphatic rings. The van der Waals surface area contributed by atoms with Crippen LogP contribution in [0.4, 0.5) is 61.5 Å². The molecule has 6 aromatic heterocycles. The minimum absolute atomic E-state index is 0.0859.